The van der Waals surface area contributed by atoms with Crippen molar-refractivity contribution in [2.45, 2.75) is 20.4 Å². The number of rotatable bonds is 11. The maximum atomic E-state index is 6.07. The van der Waals surface area contributed by atoms with E-state index in [1.165, 1.54) is 0 Å². The van der Waals surface area contributed by atoms with Gasteiger partial charge in [0.05, 0.1) is 39.0 Å². The number of fused-ring (bicyclic) bond motifs is 1. The molecule has 3 heterocycles. The third kappa shape index (κ3) is 6.35. The molecule has 39 heavy (non-hydrogen) atoms. The van der Waals surface area contributed by atoms with E-state index < -0.39 is 0 Å². The molecule has 0 spiro atoms. The summed E-state index contributed by atoms with van der Waals surface area (Å²) in [5, 5.41) is 8.96. The van der Waals surface area contributed by atoms with E-state index in [0.29, 0.717) is 37.1 Å². The molecule has 4 aromatic rings. The average Bonchev–Trinajstić information content (AvgIpc) is 3.31. The molecule has 1 aliphatic rings. The summed E-state index contributed by atoms with van der Waals surface area (Å²) in [6.45, 7) is 9.88. The van der Waals surface area contributed by atoms with Gasteiger partial charge in [-0.1, -0.05) is 18.2 Å². The Balaban J connectivity index is 1.31. The Morgan fingerprint density at radius 1 is 1.03 bits per heavy atom. The summed E-state index contributed by atoms with van der Waals surface area (Å²) in [6, 6.07) is 13.9. The van der Waals surface area contributed by atoms with Gasteiger partial charge in [-0.25, -0.2) is 9.97 Å². The van der Waals surface area contributed by atoms with E-state index in [2.05, 4.69) is 38.1 Å². The standard InChI is InChI=1S/C29H33N5O4S/c1-4-37-23-8-6-5-7-22(23)27-20(2)26-28(39-27)29(31-19-30-26)33-32-18-21-9-10-24(35-3)25(17-21)38-16-13-34-11-14-36-15-12-34/h5-10,17,19H,4,11-16,18H2,1-3H3. The fourth-order valence-corrected chi connectivity index (χ4v) is 5.72. The number of ether oxygens (including phenoxy) is 4. The first kappa shape index (κ1) is 27.0. The Hall–Kier alpha value is -3.60. The molecule has 0 radical (unpaired) electrons. The Morgan fingerprint density at radius 3 is 2.69 bits per heavy atom. The van der Waals surface area contributed by atoms with E-state index in [4.69, 9.17) is 18.9 Å². The Labute approximate surface area is 232 Å². The second kappa shape index (κ2) is 13.0. The summed E-state index contributed by atoms with van der Waals surface area (Å²) < 4.78 is 23.8. The molecule has 2 aromatic carbocycles. The van der Waals surface area contributed by atoms with E-state index in [9.17, 15) is 0 Å². The van der Waals surface area contributed by atoms with Gasteiger partial charge in [-0.15, -0.1) is 16.5 Å². The first-order chi connectivity index (χ1) is 19.2. The number of aromatic nitrogens is 2. The predicted molar refractivity (Wildman–Crippen MR) is 153 cm³/mol. The second-order valence-electron chi connectivity index (χ2n) is 9.05. The molecule has 10 heteroatoms. The smallest absolute Gasteiger partial charge is 0.195 e. The van der Waals surface area contributed by atoms with E-state index in [1.807, 2.05) is 43.3 Å². The normalized spacial score (nSPS) is 14.2. The van der Waals surface area contributed by atoms with Crippen LogP contribution in [-0.2, 0) is 11.3 Å². The highest BCUT2D eigenvalue weighted by Gasteiger charge is 2.18. The number of azo groups is 1. The lowest BCUT2D eigenvalue weighted by Gasteiger charge is -2.26. The molecular formula is C29H33N5O4S. The molecule has 0 N–H and O–H groups in total. The average molecular weight is 548 g/mol. The van der Waals surface area contributed by atoms with Gasteiger partial charge in [0.15, 0.2) is 17.3 Å². The van der Waals surface area contributed by atoms with Gasteiger partial charge in [-0.2, -0.15) is 5.11 Å². The lowest BCUT2D eigenvalue weighted by atomic mass is 10.1. The molecule has 0 aliphatic carbocycles. The Kier molecular flexibility index (Phi) is 8.97. The molecule has 1 saturated heterocycles. The molecule has 2 aromatic heterocycles. The van der Waals surface area contributed by atoms with Gasteiger partial charge in [0.25, 0.3) is 0 Å². The predicted octanol–water partition coefficient (Wildman–Crippen LogP) is 6.07. The zero-order valence-corrected chi connectivity index (χ0v) is 23.4. The van der Waals surface area contributed by atoms with Crippen molar-refractivity contribution in [3.63, 3.8) is 0 Å². The van der Waals surface area contributed by atoms with Crippen LogP contribution in [0.1, 0.15) is 18.1 Å². The first-order valence-corrected chi connectivity index (χ1v) is 13.9. The number of para-hydroxylation sites is 1. The van der Waals surface area contributed by atoms with Crippen LogP contribution in [0.15, 0.2) is 59.0 Å². The Bertz CT molecular complexity index is 1430. The van der Waals surface area contributed by atoms with Crippen LogP contribution in [0.4, 0.5) is 5.82 Å². The minimum Gasteiger partial charge on any atom is -0.493 e. The van der Waals surface area contributed by atoms with Crippen LogP contribution in [0, 0.1) is 6.92 Å². The molecule has 1 aliphatic heterocycles. The summed E-state index contributed by atoms with van der Waals surface area (Å²) in [4.78, 5) is 12.4. The van der Waals surface area contributed by atoms with Gasteiger partial charge >= 0.3 is 0 Å². The molecule has 5 rings (SSSR count). The quantitative estimate of drug-likeness (QED) is 0.211. The third-order valence-electron chi connectivity index (χ3n) is 6.53. The van der Waals surface area contributed by atoms with Gasteiger partial charge in [-0.05, 0) is 49.2 Å². The lowest BCUT2D eigenvalue weighted by molar-refractivity contribution is 0.0321. The largest absolute Gasteiger partial charge is 0.493 e. The van der Waals surface area contributed by atoms with Crippen molar-refractivity contribution < 1.29 is 18.9 Å². The molecule has 0 atom stereocenters. The number of benzene rings is 2. The van der Waals surface area contributed by atoms with E-state index >= 15 is 0 Å². The van der Waals surface area contributed by atoms with Gasteiger partial charge < -0.3 is 18.9 Å². The highest BCUT2D eigenvalue weighted by molar-refractivity contribution is 7.23. The van der Waals surface area contributed by atoms with Crippen molar-refractivity contribution in [1.82, 2.24) is 14.9 Å². The number of thiophene rings is 1. The number of aryl methyl sites for hydroxylation is 1. The Morgan fingerprint density at radius 2 is 1.87 bits per heavy atom. The lowest BCUT2D eigenvalue weighted by Crippen LogP contribution is -2.38. The minimum atomic E-state index is 0.389. The number of hydrogen-bond acceptors (Lipinski definition) is 10. The van der Waals surface area contributed by atoms with Gasteiger partial charge in [0.1, 0.15) is 23.4 Å². The highest BCUT2D eigenvalue weighted by Crippen LogP contribution is 2.43. The number of hydrogen-bond donors (Lipinski definition) is 0. The van der Waals surface area contributed by atoms with Crippen LogP contribution in [0.3, 0.4) is 0 Å². The fourth-order valence-electron chi connectivity index (χ4n) is 4.50. The monoisotopic (exact) mass is 547 g/mol. The van der Waals surface area contributed by atoms with Gasteiger partial charge in [0, 0.05) is 30.1 Å². The van der Waals surface area contributed by atoms with Crippen LogP contribution in [-0.4, -0.2) is 68.0 Å². The van der Waals surface area contributed by atoms with Gasteiger partial charge in [-0.3, -0.25) is 4.90 Å². The molecule has 204 valence electrons. The van der Waals surface area contributed by atoms with Gasteiger partial charge in [0.2, 0.25) is 0 Å². The molecular weight excluding hydrogens is 514 g/mol. The number of nitrogens with zero attached hydrogens (tertiary/aromatic N) is 5. The number of methoxy groups -OCH3 is 1. The second-order valence-corrected chi connectivity index (χ2v) is 10.1. The highest BCUT2D eigenvalue weighted by atomic mass is 32.1. The van der Waals surface area contributed by atoms with Crippen LogP contribution in [0.5, 0.6) is 17.2 Å². The molecule has 0 amide bonds. The van der Waals surface area contributed by atoms with Crippen molar-refractivity contribution in [2.75, 3.05) is 53.2 Å². The van der Waals surface area contributed by atoms with Crippen molar-refractivity contribution >= 4 is 27.4 Å². The molecule has 0 unspecified atom stereocenters. The summed E-state index contributed by atoms with van der Waals surface area (Å²) in [6.07, 6.45) is 1.54. The van der Waals surface area contributed by atoms with Crippen LogP contribution < -0.4 is 14.2 Å². The van der Waals surface area contributed by atoms with Crippen molar-refractivity contribution in [1.29, 1.82) is 0 Å². The van der Waals surface area contributed by atoms with Crippen LogP contribution in [0.2, 0.25) is 0 Å². The SMILES string of the molecule is CCOc1ccccc1-c1sc2c(N=NCc3ccc(OC)c(OCCN4CCOCC4)c3)ncnc2c1C. The topological polar surface area (TPSA) is 90.7 Å². The third-order valence-corrected chi connectivity index (χ3v) is 7.84. The first-order valence-electron chi connectivity index (χ1n) is 13.1. The molecule has 0 bridgehead atoms. The van der Waals surface area contributed by atoms with Crippen LogP contribution >= 0.6 is 11.3 Å². The van der Waals surface area contributed by atoms with Crippen molar-refractivity contribution in [3.05, 3.63) is 59.9 Å². The zero-order valence-electron chi connectivity index (χ0n) is 22.6. The maximum absolute atomic E-state index is 6.07. The zero-order chi connectivity index (χ0) is 27.0. The number of morpholine rings is 1. The summed E-state index contributed by atoms with van der Waals surface area (Å²) in [7, 11) is 1.65. The van der Waals surface area contributed by atoms with Crippen LogP contribution in [0.25, 0.3) is 20.7 Å². The van der Waals surface area contributed by atoms with Crippen molar-refractivity contribution in [2.24, 2.45) is 10.2 Å². The summed E-state index contributed by atoms with van der Waals surface area (Å²) >= 11 is 1.61. The molecule has 0 saturated carbocycles. The fraction of sp³-hybridized carbons (Fsp3) is 0.379. The van der Waals surface area contributed by atoms with E-state index in [1.54, 1.807) is 24.8 Å². The molecule has 1 fully saturated rings. The molecule has 9 nitrogen and oxygen atoms in total. The minimum absolute atomic E-state index is 0.389. The summed E-state index contributed by atoms with van der Waals surface area (Å²) in [5.74, 6) is 2.82. The maximum Gasteiger partial charge on any atom is 0.195 e. The van der Waals surface area contributed by atoms with Crippen molar-refractivity contribution in [3.8, 4) is 27.7 Å². The van der Waals surface area contributed by atoms with E-state index in [0.717, 1.165) is 70.4 Å². The van der Waals surface area contributed by atoms with E-state index in [-0.39, 0.29) is 0 Å². The summed E-state index contributed by atoms with van der Waals surface area (Å²) in [5.41, 5.74) is 3.97.